The van der Waals surface area contributed by atoms with Gasteiger partial charge in [0.15, 0.2) is 0 Å². The van der Waals surface area contributed by atoms with Crippen LogP contribution in [0, 0.1) is 23.3 Å². The zero-order valence-corrected chi connectivity index (χ0v) is 25.0. The number of aromatic nitrogens is 1. The highest BCUT2D eigenvalue weighted by atomic mass is 35.5. The van der Waals surface area contributed by atoms with Crippen molar-refractivity contribution in [3.63, 3.8) is 0 Å². The van der Waals surface area contributed by atoms with E-state index < -0.39 is 64.1 Å². The van der Waals surface area contributed by atoms with E-state index in [1.807, 2.05) is 0 Å². The molecule has 0 saturated carbocycles. The molecule has 2 heterocycles. The van der Waals surface area contributed by atoms with Gasteiger partial charge in [0.05, 0.1) is 24.0 Å². The second-order valence-electron chi connectivity index (χ2n) is 10.3. The summed E-state index contributed by atoms with van der Waals surface area (Å²) in [4.78, 5) is 17.1. The Balaban J connectivity index is 1.51. The average molecular weight is 660 g/mol. The number of alkyl halides is 2. The van der Waals surface area contributed by atoms with E-state index in [0.717, 1.165) is 30.5 Å². The van der Waals surface area contributed by atoms with Crippen molar-refractivity contribution < 1.29 is 35.2 Å². The van der Waals surface area contributed by atoms with Gasteiger partial charge in [-0.2, -0.15) is 17.4 Å². The Hall–Kier alpha value is -3.17. The first-order valence-corrected chi connectivity index (χ1v) is 15.7. The number of hydrogen-bond donors (Lipinski definition) is 3. The number of halogens is 6. The van der Waals surface area contributed by atoms with Crippen LogP contribution in [0.5, 0.6) is 0 Å². The van der Waals surface area contributed by atoms with Gasteiger partial charge < -0.3 is 10.6 Å². The van der Waals surface area contributed by atoms with Crippen molar-refractivity contribution >= 4 is 33.4 Å². The van der Waals surface area contributed by atoms with E-state index in [-0.39, 0.29) is 55.0 Å². The number of benzene rings is 2. The maximum Gasteiger partial charge on any atom is 0.279 e. The topological polar surface area (TPSA) is 103 Å². The summed E-state index contributed by atoms with van der Waals surface area (Å²) in [7, 11) is -4.06. The number of anilines is 1. The van der Waals surface area contributed by atoms with Gasteiger partial charge in [-0.05, 0) is 48.2 Å². The summed E-state index contributed by atoms with van der Waals surface area (Å²) in [6.07, 6.45) is 0.469. The van der Waals surface area contributed by atoms with Crippen LogP contribution in [0.15, 0.2) is 54.9 Å². The molecule has 238 valence electrons. The monoisotopic (exact) mass is 659 g/mol. The molecule has 3 N–H and O–H groups in total. The standard InChI is InChI=1S/C29H31ClF5N5O3S/c30-13-23(34)14-38-44(42,43)40-8-7-36-15-24(40)5-6-25-27(35)16-37-17-28(25)39-29(41)12-26(18-1-3-20(31)4-2-18)19-9-21(32)11-22(33)10-19/h1-4,9-11,16-17,23-24,26,36,38H,5-8,12-15H2,(H,39,41)/t23?,24-,26-/m0/s1. The Morgan fingerprint density at radius 1 is 1.05 bits per heavy atom. The summed E-state index contributed by atoms with van der Waals surface area (Å²) in [6.45, 7) is 0.235. The molecule has 1 unspecified atom stereocenters. The zero-order valence-electron chi connectivity index (χ0n) is 23.4. The van der Waals surface area contributed by atoms with Gasteiger partial charge in [-0.1, -0.05) is 12.1 Å². The lowest BCUT2D eigenvalue weighted by atomic mass is 9.88. The summed E-state index contributed by atoms with van der Waals surface area (Å²) in [5.74, 6) is -4.84. The maximum absolute atomic E-state index is 15.0. The quantitative estimate of drug-likeness (QED) is 0.186. The van der Waals surface area contributed by atoms with Crippen molar-refractivity contribution in [3.8, 4) is 0 Å². The minimum Gasteiger partial charge on any atom is -0.324 e. The fraction of sp³-hybridized carbons (Fsp3) is 0.379. The Labute approximate surface area is 257 Å². The van der Waals surface area contributed by atoms with E-state index in [0.29, 0.717) is 18.2 Å². The molecule has 1 aromatic heterocycles. The molecule has 8 nitrogen and oxygen atoms in total. The van der Waals surface area contributed by atoms with Crippen molar-refractivity contribution in [1.82, 2.24) is 19.3 Å². The molecule has 1 aliphatic rings. The molecular formula is C29H31ClF5N5O3S. The summed E-state index contributed by atoms with van der Waals surface area (Å²) in [5, 5.41) is 5.71. The third-order valence-corrected chi connectivity index (χ3v) is 9.18. The molecule has 1 fully saturated rings. The van der Waals surface area contributed by atoms with Crippen LogP contribution >= 0.6 is 11.6 Å². The molecule has 3 aromatic rings. The smallest absolute Gasteiger partial charge is 0.279 e. The molecule has 3 atom stereocenters. The van der Waals surface area contributed by atoms with Gasteiger partial charge in [-0.15, -0.1) is 11.6 Å². The second kappa shape index (κ2) is 15.2. The van der Waals surface area contributed by atoms with Crippen LogP contribution in [0.4, 0.5) is 27.6 Å². The lowest BCUT2D eigenvalue weighted by molar-refractivity contribution is -0.116. The van der Waals surface area contributed by atoms with Gasteiger partial charge in [-0.3, -0.25) is 9.78 Å². The van der Waals surface area contributed by atoms with E-state index in [4.69, 9.17) is 11.6 Å². The van der Waals surface area contributed by atoms with Gasteiger partial charge in [0.1, 0.15) is 29.4 Å². The molecule has 4 rings (SSSR count). The van der Waals surface area contributed by atoms with Crippen molar-refractivity contribution in [2.24, 2.45) is 0 Å². The number of pyridine rings is 1. The third-order valence-electron chi connectivity index (χ3n) is 7.22. The van der Waals surface area contributed by atoms with E-state index >= 15 is 4.39 Å². The maximum atomic E-state index is 15.0. The molecule has 15 heteroatoms. The van der Waals surface area contributed by atoms with E-state index in [1.54, 1.807) is 0 Å². The summed E-state index contributed by atoms with van der Waals surface area (Å²) in [6, 6.07) is 7.37. The number of nitrogens with one attached hydrogen (secondary N) is 3. The molecule has 2 aromatic carbocycles. The SMILES string of the molecule is O=C(C[C@@H](c1ccc(F)cc1)c1cc(F)cc(F)c1)Nc1cncc(F)c1CC[C@H]1CNCCN1S(=O)(=O)NCC(F)CCl. The molecule has 1 saturated heterocycles. The summed E-state index contributed by atoms with van der Waals surface area (Å²) < 4.78 is 99.5. The molecule has 0 radical (unpaired) electrons. The number of carbonyl (C=O) groups is 1. The minimum atomic E-state index is -4.06. The average Bonchev–Trinajstić information content (AvgIpc) is 2.98. The Kier molecular flexibility index (Phi) is 11.7. The van der Waals surface area contributed by atoms with E-state index in [9.17, 15) is 30.8 Å². The number of piperazine rings is 1. The lowest BCUT2D eigenvalue weighted by Crippen LogP contribution is -2.57. The molecule has 0 aliphatic carbocycles. The predicted octanol–water partition coefficient (Wildman–Crippen LogP) is 4.42. The minimum absolute atomic E-state index is 0.00620. The number of amides is 1. The Morgan fingerprint density at radius 3 is 2.43 bits per heavy atom. The molecular weight excluding hydrogens is 629 g/mol. The largest absolute Gasteiger partial charge is 0.324 e. The first-order chi connectivity index (χ1) is 21.0. The zero-order chi connectivity index (χ0) is 31.9. The molecule has 1 aliphatic heterocycles. The number of hydrogen-bond acceptors (Lipinski definition) is 5. The van der Waals surface area contributed by atoms with Crippen LogP contribution in [0.25, 0.3) is 0 Å². The van der Waals surface area contributed by atoms with Gasteiger partial charge >= 0.3 is 0 Å². The van der Waals surface area contributed by atoms with Gasteiger partial charge in [0.2, 0.25) is 5.91 Å². The number of rotatable bonds is 13. The van der Waals surface area contributed by atoms with Crippen LogP contribution in [-0.2, 0) is 21.4 Å². The Morgan fingerprint density at radius 2 is 1.75 bits per heavy atom. The molecule has 0 spiro atoms. The lowest BCUT2D eigenvalue weighted by Gasteiger charge is -2.35. The summed E-state index contributed by atoms with van der Waals surface area (Å²) >= 11 is 5.44. The fourth-order valence-corrected chi connectivity index (χ4v) is 6.63. The first kappa shape index (κ1) is 33.7. The number of nitrogens with zero attached hydrogens (tertiary/aromatic N) is 2. The second-order valence-corrected chi connectivity index (χ2v) is 12.3. The van der Waals surface area contributed by atoms with E-state index in [1.165, 1.54) is 22.6 Å². The predicted molar refractivity (Wildman–Crippen MR) is 156 cm³/mol. The fourth-order valence-electron chi connectivity index (χ4n) is 5.06. The molecule has 1 amide bonds. The van der Waals surface area contributed by atoms with E-state index in [2.05, 4.69) is 20.3 Å². The van der Waals surface area contributed by atoms with Gasteiger partial charge in [-0.25, -0.2) is 22.0 Å². The van der Waals surface area contributed by atoms with Crippen LogP contribution in [-0.4, -0.2) is 67.9 Å². The molecule has 44 heavy (non-hydrogen) atoms. The highest BCUT2D eigenvalue weighted by Gasteiger charge is 2.33. The third kappa shape index (κ3) is 8.94. The highest BCUT2D eigenvalue weighted by Crippen LogP contribution is 2.31. The van der Waals surface area contributed by atoms with Crippen molar-refractivity contribution in [2.75, 3.05) is 37.4 Å². The summed E-state index contributed by atoms with van der Waals surface area (Å²) in [5.41, 5.74) is 0.683. The first-order valence-electron chi connectivity index (χ1n) is 13.8. The van der Waals surface area contributed by atoms with Crippen LogP contribution in [0.2, 0.25) is 0 Å². The van der Waals surface area contributed by atoms with Crippen molar-refractivity contribution in [2.45, 2.75) is 37.4 Å². The highest BCUT2D eigenvalue weighted by molar-refractivity contribution is 7.87. The number of carbonyl (C=O) groups excluding carboxylic acids is 1. The Bertz CT molecular complexity index is 1530. The van der Waals surface area contributed by atoms with Crippen LogP contribution in [0.1, 0.15) is 35.4 Å². The normalized spacial score (nSPS) is 17.3. The van der Waals surface area contributed by atoms with Gasteiger partial charge in [0.25, 0.3) is 10.2 Å². The van der Waals surface area contributed by atoms with Crippen LogP contribution < -0.4 is 15.4 Å². The van der Waals surface area contributed by atoms with Crippen molar-refractivity contribution in [3.05, 3.63) is 94.8 Å². The van der Waals surface area contributed by atoms with Gasteiger partial charge in [0, 0.05) is 56.2 Å². The van der Waals surface area contributed by atoms with Crippen molar-refractivity contribution in [1.29, 1.82) is 0 Å². The van der Waals surface area contributed by atoms with Crippen LogP contribution in [0.3, 0.4) is 0 Å². The molecule has 0 bridgehead atoms.